The number of hydrogen-bond donors (Lipinski definition) is 2. The van der Waals surface area contributed by atoms with E-state index < -0.39 is 0 Å². The molecule has 2 N–H and O–H groups in total. The number of carbonyl (C=O) groups is 2. The molecule has 0 aliphatic heterocycles. The minimum atomic E-state index is -0.379. The van der Waals surface area contributed by atoms with Gasteiger partial charge in [0.15, 0.2) is 0 Å². The van der Waals surface area contributed by atoms with Crippen LogP contribution in [0.25, 0.3) is 4.91 Å². The maximum Gasteiger partial charge on any atom is 0.269 e. The number of pyridine rings is 1. The predicted molar refractivity (Wildman–Crippen MR) is 136 cm³/mol. The Balaban J connectivity index is 1.74. The molecule has 3 aromatic carbocycles. The topological polar surface area (TPSA) is 71.1 Å². The molecule has 34 heavy (non-hydrogen) atoms. The molecule has 1 aromatic heterocycles. The van der Waals surface area contributed by atoms with Gasteiger partial charge in [-0.05, 0) is 35.4 Å². The second-order valence-corrected chi connectivity index (χ2v) is 8.36. The smallest absolute Gasteiger partial charge is 0.269 e. The second kappa shape index (κ2) is 11.6. The van der Waals surface area contributed by atoms with Crippen LogP contribution in [-0.2, 0) is 11.3 Å². The zero-order chi connectivity index (χ0) is 23.6. The van der Waals surface area contributed by atoms with E-state index in [1.165, 1.54) is 11.8 Å². The van der Waals surface area contributed by atoms with Gasteiger partial charge in [-0.1, -0.05) is 96.7 Å². The summed E-state index contributed by atoms with van der Waals surface area (Å²) in [5.41, 5.74) is 2.40. The number of nitrogens with zero attached hydrogens (tertiary/aromatic N) is 1. The van der Waals surface area contributed by atoms with Gasteiger partial charge >= 0.3 is 0 Å². The van der Waals surface area contributed by atoms with Crippen molar-refractivity contribution in [1.29, 1.82) is 0 Å². The normalized spacial score (nSPS) is 11.3. The molecule has 4 aromatic rings. The van der Waals surface area contributed by atoms with Crippen LogP contribution in [0.15, 0.2) is 126 Å². The summed E-state index contributed by atoms with van der Waals surface area (Å²) in [6.45, 7) is 0.334. The lowest BCUT2D eigenvalue weighted by Gasteiger charge is -2.17. The van der Waals surface area contributed by atoms with Crippen LogP contribution in [0.5, 0.6) is 0 Å². The van der Waals surface area contributed by atoms with E-state index in [4.69, 9.17) is 0 Å². The van der Waals surface area contributed by atoms with Gasteiger partial charge in [0.25, 0.3) is 11.8 Å². The van der Waals surface area contributed by atoms with Gasteiger partial charge in [0.2, 0.25) is 0 Å². The lowest BCUT2D eigenvalue weighted by Crippen LogP contribution is -2.35. The van der Waals surface area contributed by atoms with Crippen LogP contribution < -0.4 is 10.6 Å². The zero-order valence-corrected chi connectivity index (χ0v) is 19.2. The fourth-order valence-corrected chi connectivity index (χ4v) is 4.18. The van der Waals surface area contributed by atoms with Gasteiger partial charge in [0.1, 0.15) is 10.7 Å². The van der Waals surface area contributed by atoms with Crippen molar-refractivity contribution in [1.82, 2.24) is 15.6 Å². The first-order valence-electron chi connectivity index (χ1n) is 10.8. The van der Waals surface area contributed by atoms with Crippen molar-refractivity contribution >= 4 is 28.5 Å². The van der Waals surface area contributed by atoms with Crippen molar-refractivity contribution in [3.05, 3.63) is 138 Å². The van der Waals surface area contributed by atoms with E-state index in [-0.39, 0.29) is 17.5 Å². The van der Waals surface area contributed by atoms with Crippen molar-refractivity contribution in [3.8, 4) is 0 Å². The van der Waals surface area contributed by atoms with E-state index in [0.717, 1.165) is 11.1 Å². The monoisotopic (exact) mass is 465 g/mol. The Morgan fingerprint density at radius 1 is 0.706 bits per heavy atom. The van der Waals surface area contributed by atoms with Crippen molar-refractivity contribution in [3.63, 3.8) is 0 Å². The van der Waals surface area contributed by atoms with Crippen molar-refractivity contribution in [2.24, 2.45) is 0 Å². The highest BCUT2D eigenvalue weighted by Crippen LogP contribution is 2.35. The molecular weight excluding hydrogens is 442 g/mol. The van der Waals surface area contributed by atoms with Gasteiger partial charge in [0.05, 0.1) is 4.91 Å². The summed E-state index contributed by atoms with van der Waals surface area (Å²) in [5, 5.41) is 6.53. The molecule has 0 radical (unpaired) electrons. The summed E-state index contributed by atoms with van der Waals surface area (Å²) >= 11 is 1.33. The third kappa shape index (κ3) is 6.21. The van der Waals surface area contributed by atoms with E-state index in [0.29, 0.717) is 22.0 Å². The highest BCUT2D eigenvalue weighted by molar-refractivity contribution is 8.08. The zero-order valence-electron chi connectivity index (χ0n) is 18.3. The molecule has 0 bridgehead atoms. The van der Waals surface area contributed by atoms with E-state index in [1.807, 2.05) is 84.9 Å². The molecule has 2 amide bonds. The third-order valence-corrected chi connectivity index (χ3v) is 6.00. The molecule has 0 fully saturated rings. The fourth-order valence-electron chi connectivity index (χ4n) is 3.21. The number of rotatable bonds is 8. The van der Waals surface area contributed by atoms with Gasteiger partial charge < -0.3 is 10.6 Å². The van der Waals surface area contributed by atoms with Crippen molar-refractivity contribution in [2.75, 3.05) is 0 Å². The van der Waals surface area contributed by atoms with Crippen LogP contribution in [-0.4, -0.2) is 16.8 Å². The maximum atomic E-state index is 13.5. The van der Waals surface area contributed by atoms with Gasteiger partial charge in [-0.25, -0.2) is 4.98 Å². The molecule has 0 saturated heterocycles. The Morgan fingerprint density at radius 2 is 1.29 bits per heavy atom. The largest absolute Gasteiger partial charge is 0.347 e. The first-order valence-corrected chi connectivity index (χ1v) is 11.6. The summed E-state index contributed by atoms with van der Waals surface area (Å²) in [7, 11) is 0. The van der Waals surface area contributed by atoms with Crippen LogP contribution in [0.1, 0.15) is 21.5 Å². The summed E-state index contributed by atoms with van der Waals surface area (Å²) in [5.74, 6) is -0.740. The molecule has 1 heterocycles. The summed E-state index contributed by atoms with van der Waals surface area (Å²) in [6.07, 6.45) is 1.70. The molecule has 5 nitrogen and oxygen atoms in total. The number of thioether (sulfide) groups is 1. The molecule has 0 saturated carbocycles. The molecule has 6 heteroatoms. The first-order chi connectivity index (χ1) is 16.7. The van der Waals surface area contributed by atoms with E-state index in [2.05, 4.69) is 15.6 Å². The molecule has 0 spiro atoms. The number of carbonyl (C=O) groups excluding carboxylic acids is 2. The van der Waals surface area contributed by atoms with Gasteiger partial charge in [0, 0.05) is 18.3 Å². The lowest BCUT2D eigenvalue weighted by molar-refractivity contribution is -0.117. The number of amides is 2. The second-order valence-electron chi connectivity index (χ2n) is 7.33. The number of aromatic nitrogens is 1. The average Bonchev–Trinajstić information content (AvgIpc) is 2.91. The standard InChI is InChI=1S/C28H23N3O2S/c32-27(23-16-8-3-9-17-23)31-25(28(33)30-20-21-12-4-1-5-13-21)26(22-14-6-2-7-15-22)34-24-18-10-11-19-29-24/h1-19H,20H2,(H,30,33)(H,31,32). The molecule has 168 valence electrons. The fraction of sp³-hybridized carbons (Fsp3) is 0.0357. The van der Waals surface area contributed by atoms with Gasteiger partial charge in [-0.15, -0.1) is 0 Å². The Bertz CT molecular complexity index is 1260. The molecule has 0 aliphatic rings. The number of hydrogen-bond acceptors (Lipinski definition) is 4. The Morgan fingerprint density at radius 3 is 1.91 bits per heavy atom. The van der Waals surface area contributed by atoms with E-state index in [9.17, 15) is 9.59 Å². The van der Waals surface area contributed by atoms with Crippen LogP contribution >= 0.6 is 11.8 Å². The summed E-state index contributed by atoms with van der Waals surface area (Å²) < 4.78 is 0. The van der Waals surface area contributed by atoms with E-state index >= 15 is 0 Å². The molecule has 0 unspecified atom stereocenters. The Labute approximate surface area is 203 Å². The Hall–Kier alpha value is -4.16. The lowest BCUT2D eigenvalue weighted by atomic mass is 10.1. The predicted octanol–water partition coefficient (Wildman–Crippen LogP) is 5.29. The minimum absolute atomic E-state index is 0.173. The summed E-state index contributed by atoms with van der Waals surface area (Å²) in [6, 6.07) is 33.6. The van der Waals surface area contributed by atoms with Crippen molar-refractivity contribution in [2.45, 2.75) is 11.6 Å². The third-order valence-electron chi connectivity index (χ3n) is 4.90. The molecular formula is C28H23N3O2S. The first kappa shape index (κ1) is 23.0. The van der Waals surface area contributed by atoms with Crippen LogP contribution in [0.2, 0.25) is 0 Å². The SMILES string of the molecule is O=C(NCc1ccccc1)C(NC(=O)c1ccccc1)=C(Sc1ccccn1)c1ccccc1. The molecule has 0 aliphatic carbocycles. The van der Waals surface area contributed by atoms with Crippen LogP contribution in [0.3, 0.4) is 0 Å². The Kier molecular flexibility index (Phi) is 7.87. The number of benzene rings is 3. The maximum absolute atomic E-state index is 13.5. The van der Waals surface area contributed by atoms with Crippen LogP contribution in [0.4, 0.5) is 0 Å². The van der Waals surface area contributed by atoms with Gasteiger partial charge in [-0.2, -0.15) is 0 Å². The average molecular weight is 466 g/mol. The number of nitrogens with one attached hydrogen (secondary N) is 2. The van der Waals surface area contributed by atoms with Crippen molar-refractivity contribution < 1.29 is 9.59 Å². The van der Waals surface area contributed by atoms with E-state index in [1.54, 1.807) is 30.5 Å². The minimum Gasteiger partial charge on any atom is -0.347 e. The highest BCUT2D eigenvalue weighted by Gasteiger charge is 2.21. The van der Waals surface area contributed by atoms with Gasteiger partial charge in [-0.3, -0.25) is 9.59 Å². The van der Waals surface area contributed by atoms with Crippen LogP contribution in [0, 0.1) is 0 Å². The highest BCUT2D eigenvalue weighted by atomic mass is 32.2. The summed E-state index contributed by atoms with van der Waals surface area (Å²) in [4.78, 5) is 31.5. The molecule has 0 atom stereocenters. The molecule has 4 rings (SSSR count). The quantitative estimate of drug-likeness (QED) is 0.274.